The molecule has 0 aliphatic carbocycles. The van der Waals surface area contributed by atoms with Crippen LogP contribution >= 0.6 is 0 Å². The lowest BCUT2D eigenvalue weighted by Crippen LogP contribution is -2.03. The molecule has 0 saturated heterocycles. The first-order valence-electron chi connectivity index (χ1n) is 5.52. The first-order chi connectivity index (χ1) is 8.12. The van der Waals surface area contributed by atoms with Crippen molar-refractivity contribution in [2.75, 3.05) is 21.3 Å². The van der Waals surface area contributed by atoms with Gasteiger partial charge in [-0.15, -0.1) is 0 Å². The SMILES string of the molecule is COc1cc(COC(C)C)cc(OC)c1OC. The Kier molecular flexibility index (Phi) is 5.10. The van der Waals surface area contributed by atoms with E-state index in [2.05, 4.69) is 0 Å². The van der Waals surface area contributed by atoms with E-state index in [4.69, 9.17) is 18.9 Å². The average Bonchev–Trinajstić information content (AvgIpc) is 2.34. The largest absolute Gasteiger partial charge is 0.493 e. The Hall–Kier alpha value is -1.42. The van der Waals surface area contributed by atoms with Crippen molar-refractivity contribution in [3.63, 3.8) is 0 Å². The lowest BCUT2D eigenvalue weighted by molar-refractivity contribution is 0.0654. The molecular formula is C13H20O4. The third kappa shape index (κ3) is 3.53. The second kappa shape index (κ2) is 6.35. The summed E-state index contributed by atoms with van der Waals surface area (Å²) >= 11 is 0. The Morgan fingerprint density at radius 1 is 0.941 bits per heavy atom. The van der Waals surface area contributed by atoms with Crippen molar-refractivity contribution >= 4 is 0 Å². The van der Waals surface area contributed by atoms with Crippen molar-refractivity contribution in [1.29, 1.82) is 0 Å². The van der Waals surface area contributed by atoms with Gasteiger partial charge in [-0.25, -0.2) is 0 Å². The molecule has 96 valence electrons. The van der Waals surface area contributed by atoms with E-state index in [-0.39, 0.29) is 6.10 Å². The summed E-state index contributed by atoms with van der Waals surface area (Å²) in [5.41, 5.74) is 0.994. The number of benzene rings is 1. The number of hydrogen-bond donors (Lipinski definition) is 0. The zero-order valence-corrected chi connectivity index (χ0v) is 11.1. The summed E-state index contributed by atoms with van der Waals surface area (Å²) in [6.07, 6.45) is 0.189. The van der Waals surface area contributed by atoms with Crippen LogP contribution in [0.5, 0.6) is 17.2 Å². The van der Waals surface area contributed by atoms with Gasteiger partial charge in [-0.2, -0.15) is 0 Å². The van der Waals surface area contributed by atoms with E-state index < -0.39 is 0 Å². The van der Waals surface area contributed by atoms with E-state index in [0.29, 0.717) is 23.9 Å². The standard InChI is InChI=1S/C13H20O4/c1-9(2)17-8-10-6-11(14-3)13(16-5)12(7-10)15-4/h6-7,9H,8H2,1-5H3. The lowest BCUT2D eigenvalue weighted by Gasteiger charge is -2.15. The smallest absolute Gasteiger partial charge is 0.203 e. The van der Waals surface area contributed by atoms with Crippen molar-refractivity contribution in [2.45, 2.75) is 26.6 Å². The number of methoxy groups -OCH3 is 3. The molecule has 4 nitrogen and oxygen atoms in total. The van der Waals surface area contributed by atoms with Crippen LogP contribution in [0, 0.1) is 0 Å². The molecule has 0 amide bonds. The molecule has 0 N–H and O–H groups in total. The second-order valence-corrected chi connectivity index (χ2v) is 3.89. The van der Waals surface area contributed by atoms with Crippen LogP contribution in [0.15, 0.2) is 12.1 Å². The summed E-state index contributed by atoms with van der Waals surface area (Å²) in [4.78, 5) is 0. The van der Waals surface area contributed by atoms with E-state index in [1.165, 1.54) is 0 Å². The van der Waals surface area contributed by atoms with Gasteiger partial charge in [-0.3, -0.25) is 0 Å². The molecule has 0 bridgehead atoms. The summed E-state index contributed by atoms with van der Waals surface area (Å²) in [5, 5.41) is 0. The Morgan fingerprint density at radius 2 is 1.47 bits per heavy atom. The van der Waals surface area contributed by atoms with E-state index >= 15 is 0 Å². The molecule has 0 heterocycles. The van der Waals surface area contributed by atoms with Crippen LogP contribution in [-0.4, -0.2) is 27.4 Å². The van der Waals surface area contributed by atoms with E-state index in [1.807, 2.05) is 26.0 Å². The highest BCUT2D eigenvalue weighted by molar-refractivity contribution is 5.53. The molecule has 0 aromatic heterocycles. The second-order valence-electron chi connectivity index (χ2n) is 3.89. The zero-order chi connectivity index (χ0) is 12.8. The molecule has 1 aromatic rings. The molecule has 0 saturated carbocycles. The maximum Gasteiger partial charge on any atom is 0.203 e. The van der Waals surface area contributed by atoms with Crippen molar-refractivity contribution in [3.05, 3.63) is 17.7 Å². The van der Waals surface area contributed by atoms with Crippen LogP contribution < -0.4 is 14.2 Å². The summed E-state index contributed by atoms with van der Waals surface area (Å²) in [7, 11) is 4.79. The topological polar surface area (TPSA) is 36.9 Å². The minimum atomic E-state index is 0.189. The molecule has 0 unspecified atom stereocenters. The average molecular weight is 240 g/mol. The molecule has 1 aromatic carbocycles. The molecular weight excluding hydrogens is 220 g/mol. The van der Waals surface area contributed by atoms with Gasteiger partial charge in [0.15, 0.2) is 11.5 Å². The molecule has 0 aliphatic heterocycles. The van der Waals surface area contributed by atoms with Crippen molar-refractivity contribution in [3.8, 4) is 17.2 Å². The lowest BCUT2D eigenvalue weighted by atomic mass is 10.2. The highest BCUT2D eigenvalue weighted by atomic mass is 16.5. The Balaban J connectivity index is 3.00. The number of rotatable bonds is 6. The Bertz CT molecular complexity index is 335. The van der Waals surface area contributed by atoms with Crippen molar-refractivity contribution in [2.24, 2.45) is 0 Å². The Morgan fingerprint density at radius 3 is 1.82 bits per heavy atom. The fraction of sp³-hybridized carbons (Fsp3) is 0.538. The number of hydrogen-bond acceptors (Lipinski definition) is 4. The molecule has 0 atom stereocenters. The van der Waals surface area contributed by atoms with Crippen molar-refractivity contribution < 1.29 is 18.9 Å². The minimum absolute atomic E-state index is 0.189. The van der Waals surface area contributed by atoms with E-state index in [0.717, 1.165) is 5.56 Å². The molecule has 0 radical (unpaired) electrons. The van der Waals surface area contributed by atoms with E-state index in [9.17, 15) is 0 Å². The molecule has 0 aliphatic rings. The minimum Gasteiger partial charge on any atom is -0.493 e. The fourth-order valence-corrected chi connectivity index (χ4v) is 1.48. The molecule has 1 rings (SSSR count). The molecule has 4 heteroatoms. The molecule has 17 heavy (non-hydrogen) atoms. The van der Waals surface area contributed by atoms with Crippen molar-refractivity contribution in [1.82, 2.24) is 0 Å². The quantitative estimate of drug-likeness (QED) is 0.766. The van der Waals surface area contributed by atoms with Crippen LogP contribution in [0.2, 0.25) is 0 Å². The first-order valence-corrected chi connectivity index (χ1v) is 5.52. The van der Waals surface area contributed by atoms with Crippen LogP contribution in [0.25, 0.3) is 0 Å². The predicted octanol–water partition coefficient (Wildman–Crippen LogP) is 2.64. The van der Waals surface area contributed by atoms with Gasteiger partial charge in [0.05, 0.1) is 34.0 Å². The Labute approximate surface area is 102 Å². The maximum atomic E-state index is 5.55. The third-order valence-electron chi connectivity index (χ3n) is 2.31. The first kappa shape index (κ1) is 13.6. The molecule has 0 spiro atoms. The fourth-order valence-electron chi connectivity index (χ4n) is 1.48. The summed E-state index contributed by atoms with van der Waals surface area (Å²) in [6, 6.07) is 3.79. The van der Waals surface area contributed by atoms with Gasteiger partial charge in [-0.1, -0.05) is 0 Å². The van der Waals surface area contributed by atoms with Gasteiger partial charge in [0.1, 0.15) is 0 Å². The monoisotopic (exact) mass is 240 g/mol. The predicted molar refractivity (Wildman–Crippen MR) is 66.0 cm³/mol. The van der Waals surface area contributed by atoms with Gasteiger partial charge in [-0.05, 0) is 31.5 Å². The highest BCUT2D eigenvalue weighted by Crippen LogP contribution is 2.38. The van der Waals surface area contributed by atoms with Crippen LogP contribution in [0.3, 0.4) is 0 Å². The summed E-state index contributed by atoms with van der Waals surface area (Å²) < 4.78 is 21.3. The van der Waals surface area contributed by atoms with Crippen LogP contribution in [0.1, 0.15) is 19.4 Å². The molecule has 0 fully saturated rings. The van der Waals surface area contributed by atoms with E-state index in [1.54, 1.807) is 21.3 Å². The highest BCUT2D eigenvalue weighted by Gasteiger charge is 2.13. The van der Waals surface area contributed by atoms with Gasteiger partial charge < -0.3 is 18.9 Å². The zero-order valence-electron chi connectivity index (χ0n) is 11.1. The van der Waals surface area contributed by atoms with Crippen LogP contribution in [-0.2, 0) is 11.3 Å². The third-order valence-corrected chi connectivity index (χ3v) is 2.31. The van der Waals surface area contributed by atoms with Crippen LogP contribution in [0.4, 0.5) is 0 Å². The van der Waals surface area contributed by atoms with Gasteiger partial charge in [0.25, 0.3) is 0 Å². The normalized spacial score (nSPS) is 10.5. The van der Waals surface area contributed by atoms with Gasteiger partial charge in [0, 0.05) is 0 Å². The maximum absolute atomic E-state index is 5.55. The summed E-state index contributed by atoms with van der Waals surface area (Å²) in [5.74, 6) is 1.90. The summed E-state index contributed by atoms with van der Waals surface area (Å²) in [6.45, 7) is 4.52. The number of ether oxygens (including phenoxy) is 4. The van der Waals surface area contributed by atoms with Gasteiger partial charge >= 0.3 is 0 Å². The van der Waals surface area contributed by atoms with Gasteiger partial charge in [0.2, 0.25) is 5.75 Å².